The van der Waals surface area contributed by atoms with Crippen LogP contribution in [0.25, 0.3) is 0 Å². The van der Waals surface area contributed by atoms with E-state index in [-0.39, 0.29) is 5.56 Å². The maximum atomic E-state index is 11.4. The first kappa shape index (κ1) is 14.3. The maximum Gasteiger partial charge on any atom is 0.248 e. The molecule has 0 saturated carbocycles. The first-order valence-corrected chi connectivity index (χ1v) is 6.55. The Labute approximate surface area is 121 Å². The van der Waals surface area contributed by atoms with E-state index in [9.17, 15) is 4.79 Å². The summed E-state index contributed by atoms with van der Waals surface area (Å²) in [6, 6.07) is 3.41. The Balaban J connectivity index is 2.10. The minimum Gasteiger partial charge on any atom is -0.477 e. The molecule has 0 atom stereocenters. The minimum absolute atomic E-state index is 0.131. The quantitative estimate of drug-likeness (QED) is 0.883. The van der Waals surface area contributed by atoms with Crippen LogP contribution < -0.4 is 15.6 Å². The second kappa shape index (κ2) is 6.38. The van der Waals surface area contributed by atoms with Crippen molar-refractivity contribution in [2.24, 2.45) is 0 Å². The van der Waals surface area contributed by atoms with Gasteiger partial charge in [0.25, 0.3) is 0 Å². The molecule has 0 radical (unpaired) electrons. The molecule has 2 aromatic heterocycles. The summed E-state index contributed by atoms with van der Waals surface area (Å²) in [6.07, 6.45) is 1.48. The van der Waals surface area contributed by atoms with Crippen LogP contribution >= 0.6 is 11.6 Å². The lowest BCUT2D eigenvalue weighted by atomic mass is 10.2. The largest absolute Gasteiger partial charge is 0.477 e. The molecular weight excluding hydrogens is 280 g/mol. The summed E-state index contributed by atoms with van der Waals surface area (Å²) >= 11 is 5.91. The van der Waals surface area contributed by atoms with Crippen LogP contribution in [-0.2, 0) is 6.54 Å². The Kier molecular flexibility index (Phi) is 4.57. The van der Waals surface area contributed by atoms with Crippen molar-refractivity contribution < 1.29 is 4.74 Å². The van der Waals surface area contributed by atoms with Crippen molar-refractivity contribution in [2.75, 3.05) is 11.9 Å². The fourth-order valence-corrected chi connectivity index (χ4v) is 1.86. The van der Waals surface area contributed by atoms with E-state index >= 15 is 0 Å². The van der Waals surface area contributed by atoms with Crippen molar-refractivity contribution in [1.82, 2.24) is 15.0 Å². The van der Waals surface area contributed by atoms with Crippen molar-refractivity contribution in [2.45, 2.75) is 20.4 Å². The summed E-state index contributed by atoms with van der Waals surface area (Å²) in [4.78, 5) is 22.3. The van der Waals surface area contributed by atoms with Crippen molar-refractivity contribution >= 4 is 17.5 Å². The summed E-state index contributed by atoms with van der Waals surface area (Å²) in [5, 5.41) is 3.39. The van der Waals surface area contributed by atoms with Crippen LogP contribution in [-0.4, -0.2) is 21.6 Å². The van der Waals surface area contributed by atoms with Gasteiger partial charge in [-0.15, -0.1) is 0 Å². The van der Waals surface area contributed by atoms with Gasteiger partial charge in [0, 0.05) is 18.3 Å². The molecule has 6 nitrogen and oxygen atoms in total. The number of rotatable bonds is 5. The molecule has 0 saturated heterocycles. The molecule has 7 heteroatoms. The van der Waals surface area contributed by atoms with E-state index in [0.717, 1.165) is 11.3 Å². The Bertz CT molecular complexity index is 657. The predicted molar refractivity (Wildman–Crippen MR) is 77.3 cm³/mol. The van der Waals surface area contributed by atoms with Crippen LogP contribution in [0, 0.1) is 6.92 Å². The molecule has 0 spiro atoms. The van der Waals surface area contributed by atoms with Gasteiger partial charge >= 0.3 is 0 Å². The molecule has 0 bridgehead atoms. The third kappa shape index (κ3) is 3.71. The van der Waals surface area contributed by atoms with Crippen molar-refractivity contribution in [3.63, 3.8) is 0 Å². The summed E-state index contributed by atoms with van der Waals surface area (Å²) in [5.41, 5.74) is 1.53. The second-order valence-electron chi connectivity index (χ2n) is 4.17. The van der Waals surface area contributed by atoms with E-state index < -0.39 is 0 Å². The Morgan fingerprint density at radius 3 is 2.95 bits per heavy atom. The molecule has 0 aliphatic carbocycles. The molecule has 2 N–H and O–H groups in total. The lowest BCUT2D eigenvalue weighted by Gasteiger charge is -2.08. The van der Waals surface area contributed by atoms with Gasteiger partial charge in [-0.25, -0.2) is 4.98 Å². The number of aryl methyl sites for hydroxylation is 1. The highest BCUT2D eigenvalue weighted by atomic mass is 35.5. The van der Waals surface area contributed by atoms with E-state index in [1.165, 1.54) is 12.3 Å². The zero-order chi connectivity index (χ0) is 14.5. The number of ether oxygens (including phenoxy) is 1. The number of anilines is 1. The van der Waals surface area contributed by atoms with Gasteiger partial charge in [0.2, 0.25) is 17.4 Å². The summed E-state index contributed by atoms with van der Waals surface area (Å²) < 4.78 is 5.29. The van der Waals surface area contributed by atoms with E-state index in [4.69, 9.17) is 16.3 Å². The van der Waals surface area contributed by atoms with Crippen LogP contribution in [0.5, 0.6) is 5.88 Å². The van der Waals surface area contributed by atoms with E-state index in [1.54, 1.807) is 0 Å². The number of nitrogens with zero attached hydrogens (tertiary/aromatic N) is 2. The van der Waals surface area contributed by atoms with Crippen LogP contribution in [0.2, 0.25) is 5.02 Å². The molecule has 106 valence electrons. The van der Waals surface area contributed by atoms with Crippen molar-refractivity contribution in [3.8, 4) is 5.88 Å². The van der Waals surface area contributed by atoms with Gasteiger partial charge < -0.3 is 15.0 Å². The molecule has 0 aromatic carbocycles. The summed E-state index contributed by atoms with van der Waals surface area (Å²) in [5.74, 6) is 0.740. The smallest absolute Gasteiger partial charge is 0.248 e. The van der Waals surface area contributed by atoms with Gasteiger partial charge in [0.05, 0.1) is 12.8 Å². The molecule has 0 aliphatic heterocycles. The number of pyridine rings is 1. The Hall–Kier alpha value is -2.08. The van der Waals surface area contributed by atoms with E-state index in [2.05, 4.69) is 20.3 Å². The monoisotopic (exact) mass is 294 g/mol. The van der Waals surface area contributed by atoms with Crippen LogP contribution in [0.1, 0.15) is 18.2 Å². The molecule has 0 aliphatic rings. The fourth-order valence-electron chi connectivity index (χ4n) is 1.71. The molecule has 0 fully saturated rings. The number of aromatic nitrogens is 3. The molecule has 2 heterocycles. The van der Waals surface area contributed by atoms with Gasteiger partial charge in [0.15, 0.2) is 0 Å². The third-order valence-electron chi connectivity index (χ3n) is 2.48. The highest BCUT2D eigenvalue weighted by Crippen LogP contribution is 2.21. The topological polar surface area (TPSA) is 79.9 Å². The molecule has 0 amide bonds. The Morgan fingerprint density at radius 2 is 2.25 bits per heavy atom. The predicted octanol–water partition coefficient (Wildman–Crippen LogP) is 2.14. The zero-order valence-corrected chi connectivity index (χ0v) is 12.0. The van der Waals surface area contributed by atoms with Gasteiger partial charge in [-0.05, 0) is 25.5 Å². The maximum absolute atomic E-state index is 11.4. The normalized spacial score (nSPS) is 10.3. The molecular formula is C13H15ClN4O2. The first-order valence-electron chi connectivity index (χ1n) is 6.17. The standard InChI is InChI=1S/C13H15ClN4O2/c1-3-20-12-10(14)7-16-13(18-12)15-6-9-4-8(2)17-11(19)5-9/h4-5,7H,3,6H2,1-2H3,(H,17,19)(H,15,16,18). The number of H-pyrrole nitrogens is 1. The minimum atomic E-state index is -0.131. The van der Waals surface area contributed by atoms with Gasteiger partial charge in [-0.2, -0.15) is 4.98 Å². The first-order chi connectivity index (χ1) is 9.58. The average Bonchev–Trinajstić information content (AvgIpc) is 2.39. The van der Waals surface area contributed by atoms with Gasteiger partial charge in [-0.1, -0.05) is 11.6 Å². The number of nitrogens with one attached hydrogen (secondary N) is 2. The molecule has 20 heavy (non-hydrogen) atoms. The van der Waals surface area contributed by atoms with Crippen molar-refractivity contribution in [3.05, 3.63) is 45.0 Å². The number of halogens is 1. The summed E-state index contributed by atoms with van der Waals surface area (Å²) in [7, 11) is 0. The highest BCUT2D eigenvalue weighted by Gasteiger charge is 2.06. The third-order valence-corrected chi connectivity index (χ3v) is 2.74. The molecule has 2 rings (SSSR count). The average molecular weight is 295 g/mol. The second-order valence-corrected chi connectivity index (χ2v) is 4.58. The van der Waals surface area contributed by atoms with Gasteiger partial charge in [0.1, 0.15) is 5.02 Å². The summed E-state index contributed by atoms with van der Waals surface area (Å²) in [6.45, 7) is 4.60. The fraction of sp³-hybridized carbons (Fsp3) is 0.308. The number of aromatic amines is 1. The van der Waals surface area contributed by atoms with Crippen LogP contribution in [0.15, 0.2) is 23.1 Å². The molecule has 2 aromatic rings. The van der Waals surface area contributed by atoms with E-state index in [0.29, 0.717) is 30.0 Å². The van der Waals surface area contributed by atoms with Crippen molar-refractivity contribution in [1.29, 1.82) is 0 Å². The van der Waals surface area contributed by atoms with Gasteiger partial charge in [-0.3, -0.25) is 4.79 Å². The lowest BCUT2D eigenvalue weighted by molar-refractivity contribution is 0.327. The molecule has 0 unspecified atom stereocenters. The van der Waals surface area contributed by atoms with Crippen LogP contribution in [0.3, 0.4) is 0 Å². The van der Waals surface area contributed by atoms with Crippen LogP contribution in [0.4, 0.5) is 5.95 Å². The Morgan fingerprint density at radius 1 is 1.45 bits per heavy atom. The number of hydrogen-bond acceptors (Lipinski definition) is 5. The number of hydrogen-bond donors (Lipinski definition) is 2. The SMILES string of the molecule is CCOc1nc(NCc2cc(C)[nH]c(=O)c2)ncc1Cl. The zero-order valence-electron chi connectivity index (χ0n) is 11.2. The lowest BCUT2D eigenvalue weighted by Crippen LogP contribution is -2.11. The highest BCUT2D eigenvalue weighted by molar-refractivity contribution is 6.31. The van der Waals surface area contributed by atoms with E-state index in [1.807, 2.05) is 19.9 Å².